The molecule has 0 aliphatic rings. The van der Waals surface area contributed by atoms with Crippen LogP contribution in [0.4, 0.5) is 0 Å². The molecule has 4 aromatic rings. The van der Waals surface area contributed by atoms with Crippen molar-refractivity contribution in [3.63, 3.8) is 0 Å². The molecule has 2 amide bonds. The van der Waals surface area contributed by atoms with Gasteiger partial charge in [-0.15, -0.1) is 0 Å². The van der Waals surface area contributed by atoms with Crippen molar-refractivity contribution in [2.75, 3.05) is 19.6 Å². The smallest absolute Gasteiger partial charge is 0.237 e. The molecule has 0 saturated carbocycles. The quantitative estimate of drug-likeness (QED) is 0.0345. The molecule has 0 aliphatic carbocycles. The van der Waals surface area contributed by atoms with E-state index >= 15 is 0 Å². The summed E-state index contributed by atoms with van der Waals surface area (Å²) in [5.41, 5.74) is 1.39. The molecule has 0 radical (unpaired) electrons. The van der Waals surface area contributed by atoms with E-state index < -0.39 is 0 Å². The monoisotopic (exact) mass is 738 g/mol. The van der Waals surface area contributed by atoms with Crippen molar-refractivity contribution < 1.29 is 9.59 Å². The number of unbranched alkanes of at least 4 members (excludes halogenated alkanes) is 19. The molecule has 0 heterocycles. The molecule has 298 valence electrons. The van der Waals surface area contributed by atoms with E-state index in [0.29, 0.717) is 19.4 Å². The molecule has 0 fully saturated rings. The molecule has 1 atom stereocenters. The first-order valence-electron chi connectivity index (χ1n) is 22.6. The topological polar surface area (TPSA) is 70.2 Å². The van der Waals surface area contributed by atoms with Crippen LogP contribution in [0.1, 0.15) is 174 Å². The number of nitrogens with one attached hydrogen (secondary N) is 3. The van der Waals surface area contributed by atoms with Crippen LogP contribution in [0.15, 0.2) is 54.6 Å². The molecule has 0 bridgehead atoms. The fourth-order valence-corrected chi connectivity index (χ4v) is 8.21. The average molecular weight is 738 g/mol. The third-order valence-corrected chi connectivity index (χ3v) is 11.5. The highest BCUT2D eigenvalue weighted by Crippen LogP contribution is 2.36. The standard InChI is InChI=1S/C49H75N3O2/c1-3-5-7-9-11-13-15-17-19-22-38-51-46(53)36-35-45(49(54)52-39-23-20-18-16-14-12-10-8-6-4-2)50-37-24-21-26-40-29-30-43-32-31-41-27-25-28-42-33-34-44(40)48(43)47(41)42/h25,27-34,45,50H,3-24,26,35-39H2,1-2H3,(H,51,53)(H,52,54)/t45-/m0/s1. The number of carbonyl (C=O) groups is 2. The Bertz CT molecular complexity index is 1580. The van der Waals surface area contributed by atoms with Crippen molar-refractivity contribution in [2.24, 2.45) is 0 Å². The Morgan fingerprint density at radius 1 is 0.500 bits per heavy atom. The predicted octanol–water partition coefficient (Wildman–Crippen LogP) is 12.7. The van der Waals surface area contributed by atoms with Crippen LogP contribution >= 0.6 is 0 Å². The lowest BCUT2D eigenvalue weighted by Gasteiger charge is -2.19. The second-order valence-corrected chi connectivity index (χ2v) is 16.1. The summed E-state index contributed by atoms with van der Waals surface area (Å²) in [6.45, 7) is 6.76. The first-order valence-corrected chi connectivity index (χ1v) is 22.6. The maximum Gasteiger partial charge on any atom is 0.237 e. The molecule has 5 nitrogen and oxygen atoms in total. The number of hydrogen-bond acceptors (Lipinski definition) is 3. The van der Waals surface area contributed by atoms with E-state index in [4.69, 9.17) is 0 Å². The van der Waals surface area contributed by atoms with Gasteiger partial charge in [0.05, 0.1) is 6.04 Å². The van der Waals surface area contributed by atoms with Gasteiger partial charge in [0, 0.05) is 19.5 Å². The highest BCUT2D eigenvalue weighted by atomic mass is 16.2. The lowest BCUT2D eigenvalue weighted by molar-refractivity contribution is -0.124. The number of hydrogen-bond donors (Lipinski definition) is 3. The second kappa shape index (κ2) is 26.6. The molecule has 0 unspecified atom stereocenters. The first-order chi connectivity index (χ1) is 26.6. The summed E-state index contributed by atoms with van der Waals surface area (Å²) in [4.78, 5) is 26.2. The van der Waals surface area contributed by atoms with Gasteiger partial charge in [-0.05, 0) is 83.0 Å². The van der Waals surface area contributed by atoms with Gasteiger partial charge in [0.15, 0.2) is 0 Å². The molecular weight excluding hydrogens is 663 g/mol. The molecule has 54 heavy (non-hydrogen) atoms. The normalized spacial score (nSPS) is 12.3. The number of amides is 2. The molecule has 0 aromatic heterocycles. The average Bonchev–Trinajstić information content (AvgIpc) is 3.19. The first kappa shape index (κ1) is 43.5. The van der Waals surface area contributed by atoms with Gasteiger partial charge in [0.25, 0.3) is 0 Å². The summed E-state index contributed by atoms with van der Waals surface area (Å²) < 4.78 is 0. The fraction of sp³-hybridized carbons (Fsp3) is 0.633. The van der Waals surface area contributed by atoms with Crippen LogP contribution < -0.4 is 16.0 Å². The summed E-state index contributed by atoms with van der Waals surface area (Å²) in [7, 11) is 0. The Labute approximate surface area is 328 Å². The Balaban J connectivity index is 1.17. The zero-order valence-electron chi connectivity index (χ0n) is 34.4. The van der Waals surface area contributed by atoms with E-state index in [1.165, 1.54) is 147 Å². The molecule has 0 spiro atoms. The summed E-state index contributed by atoms with van der Waals surface area (Å²) in [6, 6.07) is 19.9. The van der Waals surface area contributed by atoms with Crippen molar-refractivity contribution in [2.45, 2.75) is 180 Å². The third-order valence-electron chi connectivity index (χ3n) is 11.5. The van der Waals surface area contributed by atoms with Crippen LogP contribution in [0.3, 0.4) is 0 Å². The van der Waals surface area contributed by atoms with E-state index in [1.807, 2.05) is 0 Å². The van der Waals surface area contributed by atoms with Crippen molar-refractivity contribution in [1.82, 2.24) is 16.0 Å². The number of aryl methyl sites for hydroxylation is 1. The SMILES string of the molecule is CCCCCCCCCCCCNC(=O)CC[C@H](NCCCCc1ccc2ccc3cccc4ccc1c2c34)C(=O)NCCCCCCCCCCCC. The third kappa shape index (κ3) is 15.5. The van der Waals surface area contributed by atoms with Crippen LogP contribution in [0.25, 0.3) is 32.3 Å². The van der Waals surface area contributed by atoms with Crippen LogP contribution in [-0.4, -0.2) is 37.5 Å². The van der Waals surface area contributed by atoms with Gasteiger partial charge in [0.2, 0.25) is 11.8 Å². The van der Waals surface area contributed by atoms with Gasteiger partial charge in [0.1, 0.15) is 0 Å². The Kier molecular flexibility index (Phi) is 21.4. The van der Waals surface area contributed by atoms with Gasteiger partial charge >= 0.3 is 0 Å². The predicted molar refractivity (Wildman–Crippen MR) is 234 cm³/mol. The summed E-state index contributed by atoms with van der Waals surface area (Å²) >= 11 is 0. The fourth-order valence-electron chi connectivity index (χ4n) is 8.21. The van der Waals surface area contributed by atoms with Crippen molar-refractivity contribution in [3.8, 4) is 0 Å². The van der Waals surface area contributed by atoms with Crippen LogP contribution in [0.2, 0.25) is 0 Å². The molecule has 4 rings (SSSR count). The van der Waals surface area contributed by atoms with Crippen molar-refractivity contribution in [3.05, 3.63) is 60.2 Å². The Hall–Kier alpha value is -3.18. The van der Waals surface area contributed by atoms with E-state index in [0.717, 1.165) is 51.6 Å². The number of rotatable bonds is 32. The van der Waals surface area contributed by atoms with Gasteiger partial charge in [-0.25, -0.2) is 0 Å². The van der Waals surface area contributed by atoms with E-state index in [9.17, 15) is 9.59 Å². The molecule has 0 saturated heterocycles. The Morgan fingerprint density at radius 3 is 1.57 bits per heavy atom. The molecule has 3 N–H and O–H groups in total. The van der Waals surface area contributed by atoms with Crippen molar-refractivity contribution in [1.29, 1.82) is 0 Å². The van der Waals surface area contributed by atoms with Crippen LogP contribution in [0, 0.1) is 0 Å². The van der Waals surface area contributed by atoms with Gasteiger partial charge in [-0.3, -0.25) is 9.59 Å². The molecule has 5 heteroatoms. The zero-order valence-corrected chi connectivity index (χ0v) is 34.4. The minimum atomic E-state index is -0.342. The Morgan fingerprint density at radius 2 is 0.981 bits per heavy atom. The highest BCUT2D eigenvalue weighted by molar-refractivity contribution is 6.23. The molecular formula is C49H75N3O2. The summed E-state index contributed by atoms with van der Waals surface area (Å²) in [5, 5.41) is 17.9. The van der Waals surface area contributed by atoms with Gasteiger partial charge in [-0.1, -0.05) is 184 Å². The van der Waals surface area contributed by atoms with Gasteiger partial charge < -0.3 is 16.0 Å². The molecule has 0 aliphatic heterocycles. The number of carbonyl (C=O) groups excluding carboxylic acids is 2. The van der Waals surface area contributed by atoms with Gasteiger partial charge in [-0.2, -0.15) is 0 Å². The number of benzene rings is 4. The lowest BCUT2D eigenvalue weighted by Crippen LogP contribution is -2.45. The molecule has 4 aromatic carbocycles. The minimum absolute atomic E-state index is 0.0418. The van der Waals surface area contributed by atoms with E-state index in [2.05, 4.69) is 84.4 Å². The van der Waals surface area contributed by atoms with E-state index in [-0.39, 0.29) is 17.9 Å². The summed E-state index contributed by atoms with van der Waals surface area (Å²) in [5.74, 6) is 0.106. The van der Waals surface area contributed by atoms with Crippen LogP contribution in [0.5, 0.6) is 0 Å². The maximum atomic E-state index is 13.4. The summed E-state index contributed by atoms with van der Waals surface area (Å²) in [6.07, 6.45) is 29.7. The second-order valence-electron chi connectivity index (χ2n) is 16.1. The minimum Gasteiger partial charge on any atom is -0.356 e. The maximum absolute atomic E-state index is 13.4. The van der Waals surface area contributed by atoms with Crippen LogP contribution in [-0.2, 0) is 16.0 Å². The zero-order chi connectivity index (χ0) is 38.1. The van der Waals surface area contributed by atoms with Crippen molar-refractivity contribution >= 4 is 44.1 Å². The largest absolute Gasteiger partial charge is 0.356 e. The lowest BCUT2D eigenvalue weighted by atomic mass is 9.90. The highest BCUT2D eigenvalue weighted by Gasteiger charge is 2.19. The van der Waals surface area contributed by atoms with E-state index in [1.54, 1.807) is 0 Å².